The average molecular weight is 450 g/mol. The van der Waals surface area contributed by atoms with Crippen LogP contribution in [0.1, 0.15) is 57.4 Å². The Kier molecular flexibility index (Phi) is 6.95. The van der Waals surface area contributed by atoms with E-state index in [0.29, 0.717) is 16.8 Å². The molecule has 0 saturated heterocycles. The molecule has 3 aromatic rings. The number of halogens is 1. The number of benzene rings is 3. The van der Waals surface area contributed by atoms with Gasteiger partial charge in [-0.1, -0.05) is 56.6 Å². The van der Waals surface area contributed by atoms with Gasteiger partial charge in [0.25, 0.3) is 17.7 Å². The zero-order valence-electron chi connectivity index (χ0n) is 18.0. The fourth-order valence-electron chi connectivity index (χ4n) is 2.93. The third kappa shape index (κ3) is 5.74. The molecule has 0 radical (unpaired) electrons. The Morgan fingerprint density at radius 1 is 0.688 bits per heavy atom. The monoisotopic (exact) mass is 449 g/mol. The Morgan fingerprint density at radius 3 is 1.81 bits per heavy atom. The molecule has 0 bridgehead atoms. The van der Waals surface area contributed by atoms with Crippen LogP contribution in [0, 0.1) is 0 Å². The Morgan fingerprint density at radius 2 is 1.22 bits per heavy atom. The van der Waals surface area contributed by atoms with Gasteiger partial charge >= 0.3 is 0 Å². The van der Waals surface area contributed by atoms with Crippen molar-refractivity contribution in [3.63, 3.8) is 0 Å². The average Bonchev–Trinajstić information content (AvgIpc) is 2.77. The summed E-state index contributed by atoms with van der Waals surface area (Å²) in [7, 11) is 0. The van der Waals surface area contributed by atoms with E-state index in [9.17, 15) is 14.4 Å². The first-order valence-corrected chi connectivity index (χ1v) is 10.4. The zero-order chi connectivity index (χ0) is 23.3. The topological polar surface area (TPSA) is 87.3 Å². The lowest BCUT2D eigenvalue weighted by atomic mass is 9.87. The van der Waals surface area contributed by atoms with Crippen molar-refractivity contribution in [2.24, 2.45) is 0 Å². The molecule has 3 rings (SSSR count). The SMILES string of the molecule is CC(C)(C)c1ccc(C(=O)Nc2ccc(C(=O)NNC(=O)c3ccccc3Cl)cc2)cc1. The van der Waals surface area contributed by atoms with Gasteiger partial charge in [0.2, 0.25) is 0 Å². The summed E-state index contributed by atoms with van der Waals surface area (Å²) < 4.78 is 0. The van der Waals surface area contributed by atoms with Crippen LogP contribution in [0.25, 0.3) is 0 Å². The van der Waals surface area contributed by atoms with Gasteiger partial charge in [0.1, 0.15) is 0 Å². The number of hydrazine groups is 1. The van der Waals surface area contributed by atoms with Crippen molar-refractivity contribution in [2.75, 3.05) is 5.32 Å². The molecule has 0 aromatic heterocycles. The van der Waals surface area contributed by atoms with E-state index in [-0.39, 0.29) is 21.9 Å². The van der Waals surface area contributed by atoms with E-state index in [0.717, 1.165) is 5.56 Å². The van der Waals surface area contributed by atoms with Crippen molar-refractivity contribution < 1.29 is 14.4 Å². The van der Waals surface area contributed by atoms with E-state index in [2.05, 4.69) is 36.9 Å². The molecule has 0 heterocycles. The van der Waals surface area contributed by atoms with Gasteiger partial charge in [0.05, 0.1) is 10.6 Å². The predicted octanol–water partition coefficient (Wildman–Crippen LogP) is 4.96. The van der Waals surface area contributed by atoms with Crippen LogP contribution in [0.2, 0.25) is 5.02 Å². The second-order valence-electron chi connectivity index (χ2n) is 8.25. The standard InChI is InChI=1S/C25H24ClN3O3/c1-25(2,3)18-12-8-16(9-13-18)22(30)27-19-14-10-17(11-15-19)23(31)28-29-24(32)20-6-4-5-7-21(20)26/h4-15H,1-3H3,(H,27,30)(H,28,31)(H,29,32). The molecule has 0 fully saturated rings. The second kappa shape index (κ2) is 9.66. The summed E-state index contributed by atoms with van der Waals surface area (Å²) in [5, 5.41) is 3.09. The summed E-state index contributed by atoms with van der Waals surface area (Å²) in [6.07, 6.45) is 0. The molecule has 0 atom stereocenters. The van der Waals surface area contributed by atoms with Gasteiger partial charge in [-0.3, -0.25) is 25.2 Å². The predicted molar refractivity (Wildman–Crippen MR) is 126 cm³/mol. The first-order chi connectivity index (χ1) is 15.1. The lowest BCUT2D eigenvalue weighted by Crippen LogP contribution is -2.41. The highest BCUT2D eigenvalue weighted by Gasteiger charge is 2.15. The maximum absolute atomic E-state index is 12.5. The molecule has 0 spiro atoms. The normalized spacial score (nSPS) is 10.9. The Labute approximate surface area is 192 Å². The smallest absolute Gasteiger partial charge is 0.271 e. The Hall–Kier alpha value is -3.64. The summed E-state index contributed by atoms with van der Waals surface area (Å²) in [4.78, 5) is 36.9. The molecule has 3 N–H and O–H groups in total. The lowest BCUT2D eigenvalue weighted by Gasteiger charge is -2.19. The van der Waals surface area contributed by atoms with Crippen molar-refractivity contribution in [1.29, 1.82) is 0 Å². The lowest BCUT2D eigenvalue weighted by molar-refractivity contribution is 0.0847. The van der Waals surface area contributed by atoms with Crippen LogP contribution < -0.4 is 16.2 Å². The highest BCUT2D eigenvalue weighted by atomic mass is 35.5. The van der Waals surface area contributed by atoms with Crippen molar-refractivity contribution >= 4 is 35.0 Å². The molecule has 0 aliphatic carbocycles. The van der Waals surface area contributed by atoms with E-state index < -0.39 is 11.8 Å². The van der Waals surface area contributed by atoms with Crippen LogP contribution in [0.15, 0.2) is 72.8 Å². The Balaban J connectivity index is 1.57. The van der Waals surface area contributed by atoms with Gasteiger partial charge < -0.3 is 5.32 Å². The summed E-state index contributed by atoms with van der Waals surface area (Å²) in [6.45, 7) is 6.34. The van der Waals surface area contributed by atoms with Crippen molar-refractivity contribution in [3.05, 3.63) is 100 Å². The molecule has 3 aromatic carbocycles. The summed E-state index contributed by atoms with van der Waals surface area (Å²) in [6, 6.07) is 20.3. The fourth-order valence-corrected chi connectivity index (χ4v) is 3.15. The molecular formula is C25H24ClN3O3. The molecule has 7 heteroatoms. The highest BCUT2D eigenvalue weighted by Crippen LogP contribution is 2.22. The quantitative estimate of drug-likeness (QED) is 0.492. The number of carbonyl (C=O) groups is 3. The summed E-state index contributed by atoms with van der Waals surface area (Å²) >= 11 is 5.97. The number of hydrogen-bond acceptors (Lipinski definition) is 3. The van der Waals surface area contributed by atoms with Crippen LogP contribution >= 0.6 is 11.6 Å². The van der Waals surface area contributed by atoms with E-state index in [1.54, 1.807) is 60.7 Å². The minimum atomic E-state index is -0.523. The molecule has 0 aliphatic heterocycles. The molecule has 6 nitrogen and oxygen atoms in total. The minimum Gasteiger partial charge on any atom is -0.322 e. The van der Waals surface area contributed by atoms with Gasteiger partial charge in [-0.15, -0.1) is 0 Å². The molecule has 164 valence electrons. The van der Waals surface area contributed by atoms with E-state index >= 15 is 0 Å². The van der Waals surface area contributed by atoms with Gasteiger partial charge in [0, 0.05) is 16.8 Å². The molecule has 0 saturated carbocycles. The van der Waals surface area contributed by atoms with Gasteiger partial charge in [-0.2, -0.15) is 0 Å². The van der Waals surface area contributed by atoms with E-state index in [4.69, 9.17) is 11.6 Å². The number of amides is 3. The number of hydrogen-bond donors (Lipinski definition) is 3. The van der Waals surface area contributed by atoms with Crippen LogP contribution in [0.3, 0.4) is 0 Å². The molecule has 3 amide bonds. The number of rotatable bonds is 4. The van der Waals surface area contributed by atoms with E-state index in [1.807, 2.05) is 12.1 Å². The number of carbonyl (C=O) groups excluding carboxylic acids is 3. The second-order valence-corrected chi connectivity index (χ2v) is 8.65. The van der Waals surface area contributed by atoms with E-state index in [1.165, 1.54) is 0 Å². The third-order valence-corrected chi connectivity index (χ3v) is 5.16. The number of anilines is 1. The molecule has 32 heavy (non-hydrogen) atoms. The van der Waals surface area contributed by atoms with Crippen LogP contribution in [-0.4, -0.2) is 17.7 Å². The van der Waals surface area contributed by atoms with Crippen molar-refractivity contribution in [3.8, 4) is 0 Å². The van der Waals surface area contributed by atoms with Crippen LogP contribution in [0.5, 0.6) is 0 Å². The largest absolute Gasteiger partial charge is 0.322 e. The van der Waals surface area contributed by atoms with Gasteiger partial charge in [-0.05, 0) is 59.5 Å². The highest BCUT2D eigenvalue weighted by molar-refractivity contribution is 6.33. The van der Waals surface area contributed by atoms with Crippen LogP contribution in [0.4, 0.5) is 5.69 Å². The van der Waals surface area contributed by atoms with Crippen molar-refractivity contribution in [2.45, 2.75) is 26.2 Å². The molecule has 0 unspecified atom stereocenters. The third-order valence-electron chi connectivity index (χ3n) is 4.83. The molecule has 0 aliphatic rings. The zero-order valence-corrected chi connectivity index (χ0v) is 18.8. The number of nitrogens with one attached hydrogen (secondary N) is 3. The fraction of sp³-hybridized carbons (Fsp3) is 0.160. The summed E-state index contributed by atoms with van der Waals surface area (Å²) in [5.74, 6) is -1.26. The van der Waals surface area contributed by atoms with Gasteiger partial charge in [-0.25, -0.2) is 0 Å². The summed E-state index contributed by atoms with van der Waals surface area (Å²) in [5.41, 5.74) is 7.49. The Bertz CT molecular complexity index is 1130. The first kappa shape index (κ1) is 23.0. The first-order valence-electron chi connectivity index (χ1n) is 10.0. The molecular weight excluding hydrogens is 426 g/mol. The minimum absolute atomic E-state index is 0.0121. The van der Waals surface area contributed by atoms with Gasteiger partial charge in [0.15, 0.2) is 0 Å². The van der Waals surface area contributed by atoms with Crippen LogP contribution in [-0.2, 0) is 5.41 Å². The maximum Gasteiger partial charge on any atom is 0.271 e. The van der Waals surface area contributed by atoms with Crippen molar-refractivity contribution in [1.82, 2.24) is 10.9 Å². The maximum atomic E-state index is 12.5.